The van der Waals surface area contributed by atoms with Gasteiger partial charge in [0.2, 0.25) is 0 Å². The average molecular weight is 291 g/mol. The zero-order valence-corrected chi connectivity index (χ0v) is 13.5. The van der Waals surface area contributed by atoms with Gasteiger partial charge >= 0.3 is 0 Å². The highest BCUT2D eigenvalue weighted by atomic mass is 16.3. The fourth-order valence-corrected chi connectivity index (χ4v) is 3.39. The Morgan fingerprint density at radius 2 is 1.62 bits per heavy atom. The molecule has 1 aromatic rings. The van der Waals surface area contributed by atoms with E-state index in [0.717, 1.165) is 12.1 Å². The second kappa shape index (κ2) is 7.17. The second-order valence-electron chi connectivity index (χ2n) is 6.82. The number of rotatable bonds is 6. The van der Waals surface area contributed by atoms with Crippen molar-refractivity contribution in [1.82, 2.24) is 4.90 Å². The van der Waals surface area contributed by atoms with Gasteiger partial charge in [-0.25, -0.2) is 0 Å². The van der Waals surface area contributed by atoms with Gasteiger partial charge in [0.25, 0.3) is 0 Å². The quantitative estimate of drug-likeness (QED) is 0.814. The van der Waals surface area contributed by atoms with Crippen LogP contribution in [-0.4, -0.2) is 27.7 Å². The summed E-state index contributed by atoms with van der Waals surface area (Å²) in [4.78, 5) is 2.57. The molecule has 1 aliphatic carbocycles. The molecule has 21 heavy (non-hydrogen) atoms. The number of hydrogen-bond donors (Lipinski definition) is 2. The van der Waals surface area contributed by atoms with E-state index in [9.17, 15) is 10.2 Å². The van der Waals surface area contributed by atoms with Crippen LogP contribution in [0, 0.1) is 5.92 Å². The summed E-state index contributed by atoms with van der Waals surface area (Å²) in [5, 5.41) is 19.5. The van der Waals surface area contributed by atoms with E-state index in [1.165, 1.54) is 38.2 Å². The molecule has 2 rings (SSSR count). The zero-order chi connectivity index (χ0) is 15.4. The number of benzene rings is 1. The van der Waals surface area contributed by atoms with Crippen LogP contribution in [0.3, 0.4) is 0 Å². The normalized spacial score (nSPS) is 17.8. The minimum absolute atomic E-state index is 0.145. The van der Waals surface area contributed by atoms with Crippen molar-refractivity contribution in [3.05, 3.63) is 23.8 Å². The second-order valence-corrected chi connectivity index (χ2v) is 6.82. The van der Waals surface area contributed by atoms with Crippen LogP contribution >= 0.6 is 0 Å². The van der Waals surface area contributed by atoms with Gasteiger partial charge in [-0.05, 0) is 56.3 Å². The Bertz CT molecular complexity index is 432. The van der Waals surface area contributed by atoms with Crippen LogP contribution in [0.4, 0.5) is 0 Å². The van der Waals surface area contributed by atoms with Gasteiger partial charge in [-0.1, -0.05) is 26.7 Å². The van der Waals surface area contributed by atoms with E-state index in [-0.39, 0.29) is 17.5 Å². The highest BCUT2D eigenvalue weighted by Crippen LogP contribution is 2.34. The van der Waals surface area contributed by atoms with Crippen molar-refractivity contribution in [3.63, 3.8) is 0 Å². The summed E-state index contributed by atoms with van der Waals surface area (Å²) in [7, 11) is 0. The molecule has 0 radical (unpaired) electrons. The Morgan fingerprint density at radius 1 is 1.05 bits per heavy atom. The van der Waals surface area contributed by atoms with Crippen molar-refractivity contribution in [2.24, 2.45) is 5.92 Å². The molecule has 1 unspecified atom stereocenters. The van der Waals surface area contributed by atoms with Gasteiger partial charge in [0, 0.05) is 18.2 Å². The summed E-state index contributed by atoms with van der Waals surface area (Å²) in [5.41, 5.74) is 1.00. The van der Waals surface area contributed by atoms with Crippen molar-refractivity contribution >= 4 is 0 Å². The maximum absolute atomic E-state index is 9.73. The molecule has 0 aliphatic heterocycles. The third-order valence-corrected chi connectivity index (χ3v) is 4.66. The monoisotopic (exact) mass is 291 g/mol. The summed E-state index contributed by atoms with van der Waals surface area (Å²) in [5.74, 6) is 0.984. The summed E-state index contributed by atoms with van der Waals surface area (Å²) in [6.45, 7) is 7.79. The lowest BCUT2D eigenvalue weighted by Gasteiger charge is -2.35. The maximum Gasteiger partial charge on any atom is 0.119 e. The minimum atomic E-state index is 0.145. The van der Waals surface area contributed by atoms with Crippen molar-refractivity contribution < 1.29 is 10.2 Å². The van der Waals surface area contributed by atoms with Crippen molar-refractivity contribution in [3.8, 4) is 11.5 Å². The summed E-state index contributed by atoms with van der Waals surface area (Å²) >= 11 is 0. The Balaban J connectivity index is 2.17. The van der Waals surface area contributed by atoms with Crippen LogP contribution in [0.5, 0.6) is 11.5 Å². The van der Waals surface area contributed by atoms with Crippen LogP contribution in [0.25, 0.3) is 0 Å². The first kappa shape index (κ1) is 16.2. The van der Waals surface area contributed by atoms with Crippen molar-refractivity contribution in [1.29, 1.82) is 0 Å². The molecule has 1 aromatic carbocycles. The van der Waals surface area contributed by atoms with Gasteiger partial charge in [0.05, 0.1) is 0 Å². The van der Waals surface area contributed by atoms with E-state index in [1.807, 2.05) is 0 Å². The van der Waals surface area contributed by atoms with E-state index < -0.39 is 0 Å². The highest BCUT2D eigenvalue weighted by molar-refractivity contribution is 5.38. The predicted molar refractivity (Wildman–Crippen MR) is 86.6 cm³/mol. The molecular weight excluding hydrogens is 262 g/mol. The predicted octanol–water partition coefficient (Wildman–Crippen LogP) is 4.45. The van der Waals surface area contributed by atoms with E-state index in [0.29, 0.717) is 12.0 Å². The molecule has 2 N–H and O–H groups in total. The first-order chi connectivity index (χ1) is 9.97. The largest absolute Gasteiger partial charge is 0.508 e. The first-order valence-electron chi connectivity index (χ1n) is 8.26. The standard InChI is InChI=1S/C18H29NO2/c1-13(2)8-9-19(16-6-4-5-7-16)14(3)15-10-17(20)12-18(21)11-15/h10-14,16,20-21H,4-9H2,1-3H3. The Morgan fingerprint density at radius 3 is 2.14 bits per heavy atom. The zero-order valence-electron chi connectivity index (χ0n) is 13.5. The van der Waals surface area contributed by atoms with Crippen LogP contribution in [0.15, 0.2) is 18.2 Å². The molecule has 1 fully saturated rings. The molecule has 118 valence electrons. The fourth-order valence-electron chi connectivity index (χ4n) is 3.39. The van der Waals surface area contributed by atoms with Gasteiger partial charge in [-0.15, -0.1) is 0 Å². The molecular formula is C18H29NO2. The molecule has 3 heteroatoms. The molecule has 1 aliphatic rings. The molecule has 0 bridgehead atoms. The number of phenolic OH excluding ortho intramolecular Hbond substituents is 2. The molecule has 0 spiro atoms. The van der Waals surface area contributed by atoms with Crippen LogP contribution in [-0.2, 0) is 0 Å². The minimum Gasteiger partial charge on any atom is -0.508 e. The smallest absolute Gasteiger partial charge is 0.119 e. The molecule has 0 aromatic heterocycles. The summed E-state index contributed by atoms with van der Waals surface area (Å²) < 4.78 is 0. The summed E-state index contributed by atoms with van der Waals surface area (Å²) in [6.07, 6.45) is 6.37. The Labute approximate surface area is 128 Å². The summed E-state index contributed by atoms with van der Waals surface area (Å²) in [6, 6.07) is 5.82. The lowest BCUT2D eigenvalue weighted by molar-refractivity contribution is 0.137. The molecule has 0 amide bonds. The van der Waals surface area contributed by atoms with Crippen LogP contribution < -0.4 is 0 Å². The molecule has 1 atom stereocenters. The van der Waals surface area contributed by atoms with Gasteiger partial charge in [-0.2, -0.15) is 0 Å². The van der Waals surface area contributed by atoms with E-state index in [4.69, 9.17) is 0 Å². The van der Waals surface area contributed by atoms with Crippen molar-refractivity contribution in [2.45, 2.75) is 65.0 Å². The number of phenols is 2. The Hall–Kier alpha value is -1.22. The van der Waals surface area contributed by atoms with E-state index >= 15 is 0 Å². The van der Waals surface area contributed by atoms with Crippen LogP contribution in [0.1, 0.15) is 64.5 Å². The Kier molecular flexibility index (Phi) is 5.51. The van der Waals surface area contributed by atoms with Gasteiger partial charge in [-0.3, -0.25) is 4.90 Å². The fraction of sp³-hybridized carbons (Fsp3) is 0.667. The van der Waals surface area contributed by atoms with Gasteiger partial charge in [0.1, 0.15) is 11.5 Å². The molecule has 0 saturated heterocycles. The van der Waals surface area contributed by atoms with E-state index in [1.54, 1.807) is 12.1 Å². The maximum atomic E-state index is 9.73. The lowest BCUT2D eigenvalue weighted by Crippen LogP contribution is -2.37. The number of nitrogens with zero attached hydrogens (tertiary/aromatic N) is 1. The lowest BCUT2D eigenvalue weighted by atomic mass is 10.0. The SMILES string of the molecule is CC(C)CCN(C1CCCC1)C(C)c1cc(O)cc(O)c1. The third kappa shape index (κ3) is 4.37. The van der Waals surface area contributed by atoms with Gasteiger partial charge in [0.15, 0.2) is 0 Å². The molecule has 3 nitrogen and oxygen atoms in total. The molecule has 1 saturated carbocycles. The first-order valence-corrected chi connectivity index (χ1v) is 8.26. The topological polar surface area (TPSA) is 43.7 Å². The van der Waals surface area contributed by atoms with Gasteiger partial charge < -0.3 is 10.2 Å². The van der Waals surface area contributed by atoms with Crippen molar-refractivity contribution in [2.75, 3.05) is 6.54 Å². The van der Waals surface area contributed by atoms with Crippen LogP contribution in [0.2, 0.25) is 0 Å². The highest BCUT2D eigenvalue weighted by Gasteiger charge is 2.27. The third-order valence-electron chi connectivity index (χ3n) is 4.66. The average Bonchev–Trinajstić information content (AvgIpc) is 2.91. The molecule has 0 heterocycles. The number of hydrogen-bond acceptors (Lipinski definition) is 3. The number of aromatic hydroxyl groups is 2. The van der Waals surface area contributed by atoms with E-state index in [2.05, 4.69) is 25.7 Å².